The first-order valence-corrected chi connectivity index (χ1v) is 6.97. The number of carbonyl (C=O) groups excluding carboxylic acids is 1. The molecule has 1 aromatic carbocycles. The molecule has 0 aliphatic carbocycles. The maximum Gasteiger partial charge on any atom is 0.261 e. The van der Waals surface area contributed by atoms with Crippen LogP contribution in [0, 0.1) is 0 Å². The number of H-pyrrole nitrogens is 1. The number of benzene rings is 1. The van der Waals surface area contributed by atoms with Crippen LogP contribution < -0.4 is 5.56 Å². The molecule has 0 amide bonds. The number of nitrogens with one attached hydrogen (secondary N) is 1. The Morgan fingerprint density at radius 2 is 2.00 bits per heavy atom. The zero-order valence-electron chi connectivity index (χ0n) is 10.8. The van der Waals surface area contributed by atoms with E-state index in [0.717, 1.165) is 11.1 Å². The zero-order chi connectivity index (χ0) is 15.0. The van der Waals surface area contributed by atoms with Gasteiger partial charge in [0.25, 0.3) is 5.56 Å². The van der Waals surface area contributed by atoms with Crippen molar-refractivity contribution >= 4 is 40.4 Å². The third kappa shape index (κ3) is 2.37. The monoisotopic (exact) mass is 320 g/mol. The number of hydrogen-bond donors (Lipinski definition) is 1. The van der Waals surface area contributed by atoms with Gasteiger partial charge in [0.05, 0.1) is 27.5 Å². The molecule has 21 heavy (non-hydrogen) atoms. The van der Waals surface area contributed by atoms with Gasteiger partial charge in [-0.2, -0.15) is 0 Å². The lowest BCUT2D eigenvalue weighted by Crippen LogP contribution is -2.19. The molecule has 0 radical (unpaired) electrons. The second-order valence-corrected chi connectivity index (χ2v) is 5.37. The van der Waals surface area contributed by atoms with Crippen LogP contribution in [0.2, 0.25) is 10.0 Å². The molecule has 0 aliphatic heterocycles. The highest BCUT2D eigenvalue weighted by Gasteiger charge is 2.12. The average Bonchev–Trinajstić information content (AvgIpc) is 2.90. The van der Waals surface area contributed by atoms with Gasteiger partial charge in [-0.25, -0.2) is 0 Å². The molecular weight excluding hydrogens is 311 g/mol. The van der Waals surface area contributed by atoms with Crippen molar-refractivity contribution in [3.8, 4) is 11.1 Å². The molecule has 4 nitrogen and oxygen atoms in total. The highest BCUT2D eigenvalue weighted by Crippen LogP contribution is 2.31. The number of hydrogen-bond acceptors (Lipinski definition) is 2. The van der Waals surface area contributed by atoms with Gasteiger partial charge in [-0.15, -0.1) is 0 Å². The maximum absolute atomic E-state index is 12.5. The second-order valence-electron chi connectivity index (χ2n) is 4.56. The zero-order valence-corrected chi connectivity index (χ0v) is 12.3. The lowest BCUT2D eigenvalue weighted by Gasteiger charge is -2.04. The van der Waals surface area contributed by atoms with Gasteiger partial charge in [0, 0.05) is 18.0 Å². The first-order valence-electron chi connectivity index (χ1n) is 6.21. The maximum atomic E-state index is 12.5. The quantitative estimate of drug-likeness (QED) is 0.751. The molecule has 3 rings (SSSR count). The minimum Gasteiger partial charge on any atom is -0.360 e. The topological polar surface area (TPSA) is 54.9 Å². The Kier molecular flexibility index (Phi) is 3.57. The van der Waals surface area contributed by atoms with E-state index in [9.17, 15) is 9.59 Å². The van der Waals surface area contributed by atoms with E-state index < -0.39 is 0 Å². The number of halogens is 2. The van der Waals surface area contributed by atoms with Crippen LogP contribution >= 0.6 is 23.2 Å². The third-order valence-corrected chi connectivity index (χ3v) is 4.05. The normalized spacial score (nSPS) is 11.0. The molecule has 0 saturated heterocycles. The summed E-state index contributed by atoms with van der Waals surface area (Å²) in [6.07, 6.45) is 4.03. The fourth-order valence-corrected chi connectivity index (χ4v) is 2.59. The molecule has 2 aromatic heterocycles. The minimum atomic E-state index is -0.220. The number of pyridine rings is 1. The molecule has 0 spiro atoms. The van der Waals surface area contributed by atoms with Crippen LogP contribution in [0.3, 0.4) is 0 Å². The average molecular weight is 321 g/mol. The first-order chi connectivity index (χ1) is 10.1. The Morgan fingerprint density at radius 1 is 1.19 bits per heavy atom. The lowest BCUT2D eigenvalue weighted by atomic mass is 10.1. The van der Waals surface area contributed by atoms with Gasteiger partial charge in [0.1, 0.15) is 6.29 Å². The molecule has 2 heterocycles. The van der Waals surface area contributed by atoms with Crippen molar-refractivity contribution in [1.29, 1.82) is 0 Å². The van der Waals surface area contributed by atoms with Gasteiger partial charge in [-0.3, -0.25) is 4.79 Å². The number of rotatable bonds is 3. The summed E-state index contributed by atoms with van der Waals surface area (Å²) in [4.78, 5) is 26.1. The van der Waals surface area contributed by atoms with Crippen LogP contribution in [0.25, 0.3) is 22.0 Å². The summed E-state index contributed by atoms with van der Waals surface area (Å²) in [5.41, 5.74) is 2.01. The summed E-state index contributed by atoms with van der Waals surface area (Å²) >= 11 is 11.9. The molecule has 0 saturated carbocycles. The smallest absolute Gasteiger partial charge is 0.261 e. The van der Waals surface area contributed by atoms with Crippen LogP contribution in [-0.4, -0.2) is 15.8 Å². The van der Waals surface area contributed by atoms with Gasteiger partial charge in [0.2, 0.25) is 0 Å². The summed E-state index contributed by atoms with van der Waals surface area (Å²) in [5, 5.41) is 1.41. The van der Waals surface area contributed by atoms with E-state index >= 15 is 0 Å². The predicted molar refractivity (Wildman–Crippen MR) is 84.1 cm³/mol. The fourth-order valence-electron chi connectivity index (χ4n) is 2.29. The summed E-state index contributed by atoms with van der Waals surface area (Å²) < 4.78 is 1.37. The standard InChI is InChI=1S/C15H10Cl2N2O2/c16-11-2-1-9(7-12(11)17)10-8-18-13-3-4-19(5-6-20)15(21)14(10)13/h1-4,6-8,18H,5H2. The minimum absolute atomic E-state index is 0.0285. The van der Waals surface area contributed by atoms with E-state index in [0.29, 0.717) is 27.2 Å². The van der Waals surface area contributed by atoms with Crippen molar-refractivity contribution in [2.45, 2.75) is 6.54 Å². The van der Waals surface area contributed by atoms with Gasteiger partial charge < -0.3 is 14.3 Å². The van der Waals surface area contributed by atoms with Crippen LogP contribution in [-0.2, 0) is 11.3 Å². The largest absolute Gasteiger partial charge is 0.360 e. The summed E-state index contributed by atoms with van der Waals surface area (Å²) in [6.45, 7) is 0.0285. The summed E-state index contributed by atoms with van der Waals surface area (Å²) in [7, 11) is 0. The van der Waals surface area contributed by atoms with Gasteiger partial charge in [0.15, 0.2) is 0 Å². The Labute approximate surface area is 129 Å². The number of nitrogens with zero attached hydrogens (tertiary/aromatic N) is 1. The number of aldehydes is 1. The molecule has 0 fully saturated rings. The van der Waals surface area contributed by atoms with E-state index in [4.69, 9.17) is 23.2 Å². The number of aromatic amines is 1. The van der Waals surface area contributed by atoms with Crippen molar-refractivity contribution in [3.63, 3.8) is 0 Å². The Morgan fingerprint density at radius 3 is 2.71 bits per heavy atom. The van der Waals surface area contributed by atoms with E-state index in [1.165, 1.54) is 4.57 Å². The van der Waals surface area contributed by atoms with Crippen LogP contribution in [0.1, 0.15) is 0 Å². The number of fused-ring (bicyclic) bond motifs is 1. The highest BCUT2D eigenvalue weighted by atomic mass is 35.5. The van der Waals surface area contributed by atoms with Gasteiger partial charge >= 0.3 is 0 Å². The van der Waals surface area contributed by atoms with Crippen molar-refractivity contribution < 1.29 is 4.79 Å². The SMILES string of the molecule is O=CCn1ccc2[nH]cc(-c3ccc(Cl)c(Cl)c3)c2c1=O. The summed E-state index contributed by atoms with van der Waals surface area (Å²) in [5.74, 6) is 0. The van der Waals surface area contributed by atoms with E-state index in [2.05, 4.69) is 4.98 Å². The first kappa shape index (κ1) is 13.9. The van der Waals surface area contributed by atoms with Gasteiger partial charge in [-0.05, 0) is 23.8 Å². The lowest BCUT2D eigenvalue weighted by molar-refractivity contribution is -0.108. The molecule has 1 N–H and O–H groups in total. The van der Waals surface area contributed by atoms with Gasteiger partial charge in [-0.1, -0.05) is 29.3 Å². The Hall–Kier alpha value is -2.04. The van der Waals surface area contributed by atoms with E-state index in [1.807, 2.05) is 0 Å². The molecule has 0 bridgehead atoms. The molecule has 0 aliphatic rings. The highest BCUT2D eigenvalue weighted by molar-refractivity contribution is 6.42. The van der Waals surface area contributed by atoms with Crippen molar-refractivity contribution in [1.82, 2.24) is 9.55 Å². The molecule has 3 aromatic rings. The van der Waals surface area contributed by atoms with Crippen LogP contribution in [0.15, 0.2) is 41.5 Å². The van der Waals surface area contributed by atoms with Crippen molar-refractivity contribution in [2.75, 3.05) is 0 Å². The Bertz CT molecular complexity index is 896. The predicted octanol–water partition coefficient (Wildman–Crippen LogP) is 3.50. The fraction of sp³-hybridized carbons (Fsp3) is 0.0667. The Balaban J connectivity index is 2.27. The van der Waals surface area contributed by atoms with Crippen LogP contribution in [0.4, 0.5) is 0 Å². The van der Waals surface area contributed by atoms with Crippen LogP contribution in [0.5, 0.6) is 0 Å². The molecule has 106 valence electrons. The molecule has 6 heteroatoms. The molecule has 0 atom stereocenters. The van der Waals surface area contributed by atoms with E-state index in [-0.39, 0.29) is 12.1 Å². The third-order valence-electron chi connectivity index (χ3n) is 3.31. The molecule has 0 unspecified atom stereocenters. The second kappa shape index (κ2) is 5.39. The number of aromatic nitrogens is 2. The molecular formula is C15H10Cl2N2O2. The number of carbonyl (C=O) groups is 1. The summed E-state index contributed by atoms with van der Waals surface area (Å²) in [6, 6.07) is 6.96. The van der Waals surface area contributed by atoms with Crippen molar-refractivity contribution in [2.24, 2.45) is 0 Å². The van der Waals surface area contributed by atoms with Crippen molar-refractivity contribution in [3.05, 3.63) is 57.1 Å². The van der Waals surface area contributed by atoms with E-state index in [1.54, 1.807) is 36.7 Å².